The Balaban J connectivity index is 1.41. The van der Waals surface area contributed by atoms with Gasteiger partial charge in [-0.25, -0.2) is 4.98 Å². The van der Waals surface area contributed by atoms with Crippen molar-refractivity contribution in [1.82, 2.24) is 24.1 Å². The topological polar surface area (TPSA) is 48.5 Å². The highest BCUT2D eigenvalue weighted by Crippen LogP contribution is 2.37. The summed E-state index contributed by atoms with van der Waals surface area (Å²) >= 11 is 0. The molecule has 5 nitrogen and oxygen atoms in total. The van der Waals surface area contributed by atoms with Crippen LogP contribution in [0.25, 0.3) is 66.4 Å². The van der Waals surface area contributed by atoms with Crippen molar-refractivity contribution in [3.8, 4) is 22.8 Å². The summed E-state index contributed by atoms with van der Waals surface area (Å²) in [6.45, 7) is 0. The lowest BCUT2D eigenvalue weighted by molar-refractivity contribution is 1.08. The van der Waals surface area contributed by atoms with Gasteiger partial charge in [-0.1, -0.05) is 36.4 Å². The summed E-state index contributed by atoms with van der Waals surface area (Å²) in [7, 11) is 0. The Morgan fingerprint density at radius 3 is 2.42 bits per heavy atom. The number of rotatable bonds is 3. The van der Waals surface area contributed by atoms with E-state index in [9.17, 15) is 0 Å². The Kier molecular flexibility index (Phi) is 4.45. The van der Waals surface area contributed by atoms with Crippen molar-refractivity contribution in [3.05, 3.63) is 128 Å². The van der Waals surface area contributed by atoms with E-state index in [1.807, 2.05) is 30.5 Å². The van der Waals surface area contributed by atoms with Crippen LogP contribution in [0.15, 0.2) is 128 Å². The lowest BCUT2D eigenvalue weighted by atomic mass is 10.1. The second kappa shape index (κ2) is 8.11. The number of fused-ring (bicyclic) bond motifs is 6. The highest BCUT2D eigenvalue weighted by molar-refractivity contribution is 6.17. The molecule has 0 amide bonds. The Labute approximate surface area is 218 Å². The molecule has 178 valence electrons. The van der Waals surface area contributed by atoms with Crippen LogP contribution in [-0.2, 0) is 0 Å². The van der Waals surface area contributed by atoms with Gasteiger partial charge in [-0.05, 0) is 77.5 Å². The number of hydrogen-bond acceptors (Lipinski definition) is 3. The molecule has 0 atom stereocenters. The molecule has 0 spiro atoms. The molecule has 0 radical (unpaired) electrons. The second-order valence-corrected chi connectivity index (χ2v) is 9.44. The number of pyridine rings is 3. The molecule has 0 saturated heterocycles. The first kappa shape index (κ1) is 20.9. The standard InChI is InChI=1S/C33H21N5/c1-2-6-24-21-25(11-10-22(24)5-1)37-20-16-26-29(37)13-12-27-32-30(8-4-17-35-32)38(33(26)27)31-9-3-7-28(36-31)23-14-18-34-19-15-23/h1-21H. The first-order valence-electron chi connectivity index (χ1n) is 12.6. The molecule has 5 heteroatoms. The van der Waals surface area contributed by atoms with Gasteiger partial charge in [0.1, 0.15) is 5.82 Å². The minimum absolute atomic E-state index is 0.860. The molecule has 5 heterocycles. The SMILES string of the molecule is c1cc(-c2ccncc2)nc(-n2c3cccnc3c3ccc4c(ccn4-c4ccc5ccccc5c4)c32)c1. The summed E-state index contributed by atoms with van der Waals surface area (Å²) in [5, 5.41) is 4.73. The predicted octanol–water partition coefficient (Wildman–Crippen LogP) is 7.73. The molecule has 0 N–H and O–H groups in total. The van der Waals surface area contributed by atoms with Gasteiger partial charge < -0.3 is 4.57 Å². The fraction of sp³-hybridized carbons (Fsp3) is 0. The third-order valence-corrected chi connectivity index (χ3v) is 7.30. The van der Waals surface area contributed by atoms with E-state index in [1.54, 1.807) is 12.4 Å². The molecule has 38 heavy (non-hydrogen) atoms. The summed E-state index contributed by atoms with van der Waals surface area (Å²) in [5.74, 6) is 0.860. The van der Waals surface area contributed by atoms with E-state index >= 15 is 0 Å². The fourth-order valence-electron chi connectivity index (χ4n) is 5.56. The Morgan fingerprint density at radius 1 is 0.605 bits per heavy atom. The molecule has 0 fully saturated rings. The third-order valence-electron chi connectivity index (χ3n) is 7.30. The van der Waals surface area contributed by atoms with Crippen LogP contribution in [0.2, 0.25) is 0 Å². The van der Waals surface area contributed by atoms with Gasteiger partial charge in [-0.15, -0.1) is 0 Å². The molecular formula is C33H21N5. The summed E-state index contributed by atoms with van der Waals surface area (Å²) in [5.41, 5.74) is 7.33. The van der Waals surface area contributed by atoms with E-state index in [-0.39, 0.29) is 0 Å². The van der Waals surface area contributed by atoms with E-state index < -0.39 is 0 Å². The zero-order chi connectivity index (χ0) is 25.1. The lowest BCUT2D eigenvalue weighted by Crippen LogP contribution is -1.99. The van der Waals surface area contributed by atoms with Crippen molar-refractivity contribution in [3.63, 3.8) is 0 Å². The lowest BCUT2D eigenvalue weighted by Gasteiger charge is -2.10. The highest BCUT2D eigenvalue weighted by Gasteiger charge is 2.18. The number of hydrogen-bond donors (Lipinski definition) is 0. The van der Waals surface area contributed by atoms with Crippen LogP contribution in [-0.4, -0.2) is 24.1 Å². The molecule has 0 aliphatic carbocycles. The van der Waals surface area contributed by atoms with Crippen LogP contribution in [0.3, 0.4) is 0 Å². The quantitative estimate of drug-likeness (QED) is 0.256. The average molecular weight is 488 g/mol. The van der Waals surface area contributed by atoms with E-state index in [4.69, 9.17) is 9.97 Å². The van der Waals surface area contributed by atoms with Crippen LogP contribution in [0.5, 0.6) is 0 Å². The molecule has 0 aliphatic rings. The maximum absolute atomic E-state index is 5.09. The fourth-order valence-corrected chi connectivity index (χ4v) is 5.56. The van der Waals surface area contributed by atoms with Crippen molar-refractivity contribution >= 4 is 43.6 Å². The highest BCUT2D eigenvalue weighted by atomic mass is 15.1. The number of nitrogens with zero attached hydrogens (tertiary/aromatic N) is 5. The van der Waals surface area contributed by atoms with Crippen molar-refractivity contribution < 1.29 is 0 Å². The Bertz CT molecular complexity index is 2140. The molecule has 0 unspecified atom stereocenters. The summed E-state index contributed by atoms with van der Waals surface area (Å²) in [6, 6.07) is 35.9. The van der Waals surface area contributed by atoms with Gasteiger partial charge in [0.2, 0.25) is 0 Å². The third kappa shape index (κ3) is 3.09. The molecular weight excluding hydrogens is 466 g/mol. The van der Waals surface area contributed by atoms with E-state index in [0.717, 1.165) is 55.6 Å². The maximum Gasteiger partial charge on any atom is 0.138 e. The Morgan fingerprint density at radius 2 is 1.50 bits per heavy atom. The molecule has 8 aromatic rings. The monoisotopic (exact) mass is 487 g/mol. The molecule has 0 saturated carbocycles. The van der Waals surface area contributed by atoms with Crippen molar-refractivity contribution in [2.24, 2.45) is 0 Å². The maximum atomic E-state index is 5.09. The van der Waals surface area contributed by atoms with Crippen LogP contribution in [0.1, 0.15) is 0 Å². The molecule has 0 bridgehead atoms. The number of benzene rings is 3. The van der Waals surface area contributed by atoms with Crippen LogP contribution in [0.4, 0.5) is 0 Å². The van der Waals surface area contributed by atoms with Crippen molar-refractivity contribution in [1.29, 1.82) is 0 Å². The summed E-state index contributed by atoms with van der Waals surface area (Å²) < 4.78 is 4.51. The molecule has 0 aliphatic heterocycles. The first-order valence-corrected chi connectivity index (χ1v) is 12.6. The van der Waals surface area contributed by atoms with E-state index in [1.165, 1.54) is 10.8 Å². The summed E-state index contributed by atoms with van der Waals surface area (Å²) in [4.78, 5) is 14.0. The van der Waals surface area contributed by atoms with Crippen molar-refractivity contribution in [2.45, 2.75) is 0 Å². The Hall–Kier alpha value is -5.29. The van der Waals surface area contributed by atoms with Gasteiger partial charge in [0.05, 0.1) is 27.8 Å². The molecule has 3 aromatic carbocycles. The van der Waals surface area contributed by atoms with E-state index in [2.05, 4.69) is 99.2 Å². The largest absolute Gasteiger partial charge is 0.316 e. The van der Waals surface area contributed by atoms with E-state index in [0.29, 0.717) is 0 Å². The van der Waals surface area contributed by atoms with Crippen molar-refractivity contribution in [2.75, 3.05) is 0 Å². The van der Waals surface area contributed by atoms with Gasteiger partial charge in [-0.2, -0.15) is 0 Å². The minimum Gasteiger partial charge on any atom is -0.316 e. The van der Waals surface area contributed by atoms with Crippen LogP contribution in [0, 0.1) is 0 Å². The second-order valence-electron chi connectivity index (χ2n) is 9.44. The zero-order valence-electron chi connectivity index (χ0n) is 20.4. The van der Waals surface area contributed by atoms with Crippen LogP contribution >= 0.6 is 0 Å². The van der Waals surface area contributed by atoms with Crippen LogP contribution < -0.4 is 0 Å². The van der Waals surface area contributed by atoms with Gasteiger partial charge in [0.15, 0.2) is 0 Å². The minimum atomic E-state index is 0.860. The molecule has 8 rings (SSSR count). The predicted molar refractivity (Wildman–Crippen MR) is 154 cm³/mol. The normalized spacial score (nSPS) is 11.7. The van der Waals surface area contributed by atoms with Gasteiger partial charge in [-0.3, -0.25) is 14.5 Å². The van der Waals surface area contributed by atoms with Gasteiger partial charge >= 0.3 is 0 Å². The van der Waals surface area contributed by atoms with Gasteiger partial charge in [0, 0.05) is 46.8 Å². The summed E-state index contributed by atoms with van der Waals surface area (Å²) in [6.07, 6.45) is 7.61. The first-order chi connectivity index (χ1) is 18.8. The average Bonchev–Trinajstić information content (AvgIpc) is 3.57. The zero-order valence-corrected chi connectivity index (χ0v) is 20.4. The molecule has 5 aromatic heterocycles. The number of aromatic nitrogens is 5. The van der Waals surface area contributed by atoms with Gasteiger partial charge in [0.25, 0.3) is 0 Å². The smallest absolute Gasteiger partial charge is 0.138 e.